The van der Waals surface area contributed by atoms with Crippen molar-refractivity contribution >= 4 is 5.91 Å². The van der Waals surface area contributed by atoms with Crippen LogP contribution in [0.3, 0.4) is 0 Å². The molecule has 1 aromatic rings. The van der Waals surface area contributed by atoms with Gasteiger partial charge in [-0.15, -0.1) is 0 Å². The molecule has 0 saturated carbocycles. The number of nitrogens with one attached hydrogen (secondary N) is 1. The van der Waals surface area contributed by atoms with Gasteiger partial charge < -0.3 is 19.6 Å². The summed E-state index contributed by atoms with van der Waals surface area (Å²) in [6.07, 6.45) is 4.50. The lowest BCUT2D eigenvalue weighted by Crippen LogP contribution is -2.38. The van der Waals surface area contributed by atoms with Gasteiger partial charge >= 0.3 is 0 Å². The van der Waals surface area contributed by atoms with Crippen LogP contribution in [0.2, 0.25) is 0 Å². The van der Waals surface area contributed by atoms with Crippen LogP contribution in [-0.4, -0.2) is 30.3 Å². The van der Waals surface area contributed by atoms with Gasteiger partial charge in [0.15, 0.2) is 0 Å². The summed E-state index contributed by atoms with van der Waals surface area (Å²) in [7, 11) is 0. The molecule has 1 fully saturated rings. The fourth-order valence-corrected chi connectivity index (χ4v) is 2.56. The van der Waals surface area contributed by atoms with E-state index in [0.717, 1.165) is 25.7 Å². The van der Waals surface area contributed by atoms with Gasteiger partial charge in [0.1, 0.15) is 11.9 Å². The molecule has 3 atom stereocenters. The molecule has 2 rings (SSSR count). The lowest BCUT2D eigenvalue weighted by Gasteiger charge is -2.28. The Morgan fingerprint density at radius 1 is 1.60 bits per heavy atom. The molecule has 2 N–H and O–H groups in total. The lowest BCUT2D eigenvalue weighted by molar-refractivity contribution is -0.130. The molecular formula is C15H23NO4. The second kappa shape index (κ2) is 7.45. The molecule has 0 aliphatic carbocycles. The topological polar surface area (TPSA) is 71.7 Å². The molecule has 0 aromatic carbocycles. The van der Waals surface area contributed by atoms with E-state index in [2.05, 4.69) is 12.2 Å². The highest BCUT2D eigenvalue weighted by Gasteiger charge is 2.27. The average Bonchev–Trinajstić information content (AvgIpc) is 2.99. The van der Waals surface area contributed by atoms with E-state index < -0.39 is 6.10 Å². The predicted octanol–water partition coefficient (Wildman–Crippen LogP) is 2.02. The molecule has 0 radical (unpaired) electrons. The molecule has 1 aliphatic heterocycles. The highest BCUT2D eigenvalue weighted by molar-refractivity contribution is 5.78. The van der Waals surface area contributed by atoms with Crippen LogP contribution in [0.5, 0.6) is 0 Å². The maximum atomic E-state index is 12.1. The van der Waals surface area contributed by atoms with E-state index >= 15 is 0 Å². The van der Waals surface area contributed by atoms with Crippen LogP contribution in [0.25, 0.3) is 0 Å². The Bertz CT molecular complexity index is 402. The van der Waals surface area contributed by atoms with Gasteiger partial charge in [0.05, 0.1) is 18.9 Å². The van der Waals surface area contributed by atoms with E-state index in [-0.39, 0.29) is 24.5 Å². The Kier molecular flexibility index (Phi) is 5.61. The van der Waals surface area contributed by atoms with Crippen LogP contribution < -0.4 is 5.32 Å². The molecule has 5 nitrogen and oxygen atoms in total. The van der Waals surface area contributed by atoms with Crippen LogP contribution in [0, 0.1) is 5.92 Å². The number of carbonyl (C=O) groups is 1. The van der Waals surface area contributed by atoms with E-state index in [1.807, 2.05) is 0 Å². The molecule has 0 bridgehead atoms. The van der Waals surface area contributed by atoms with E-state index in [1.165, 1.54) is 6.26 Å². The minimum absolute atomic E-state index is 0.00000850. The van der Waals surface area contributed by atoms with Gasteiger partial charge in [0, 0.05) is 12.5 Å². The first-order chi connectivity index (χ1) is 9.70. The summed E-state index contributed by atoms with van der Waals surface area (Å²) in [5.41, 5.74) is 0. The monoisotopic (exact) mass is 281 g/mol. The van der Waals surface area contributed by atoms with Crippen molar-refractivity contribution in [2.75, 3.05) is 13.2 Å². The van der Waals surface area contributed by atoms with Gasteiger partial charge in [-0.25, -0.2) is 0 Å². The molecule has 1 saturated heterocycles. The maximum Gasteiger partial charge on any atom is 0.223 e. The van der Waals surface area contributed by atoms with Crippen molar-refractivity contribution < 1.29 is 19.1 Å². The van der Waals surface area contributed by atoms with Crippen molar-refractivity contribution in [3.8, 4) is 0 Å². The third-order valence-electron chi connectivity index (χ3n) is 3.69. The summed E-state index contributed by atoms with van der Waals surface area (Å²) >= 11 is 0. The Morgan fingerprint density at radius 2 is 2.45 bits per heavy atom. The SMILES string of the molecule is CCCC1CC(C(=O)NCC(O)c2ccco2)CCO1. The third kappa shape index (κ3) is 4.08. The normalized spacial score (nSPS) is 24.3. The molecular weight excluding hydrogens is 258 g/mol. The van der Waals surface area contributed by atoms with Gasteiger partial charge in [0.25, 0.3) is 0 Å². The second-order valence-corrected chi connectivity index (χ2v) is 5.28. The summed E-state index contributed by atoms with van der Waals surface area (Å²) < 4.78 is 10.7. The fraction of sp³-hybridized carbons (Fsp3) is 0.667. The number of aliphatic hydroxyl groups is 1. The number of ether oxygens (including phenoxy) is 1. The van der Waals surface area contributed by atoms with Crippen molar-refractivity contribution in [2.24, 2.45) is 5.92 Å². The Morgan fingerprint density at radius 3 is 3.15 bits per heavy atom. The number of hydrogen-bond donors (Lipinski definition) is 2. The summed E-state index contributed by atoms with van der Waals surface area (Å²) in [5, 5.41) is 12.7. The van der Waals surface area contributed by atoms with E-state index in [1.54, 1.807) is 12.1 Å². The van der Waals surface area contributed by atoms with Gasteiger partial charge in [-0.05, 0) is 31.4 Å². The number of hydrogen-bond acceptors (Lipinski definition) is 4. The quantitative estimate of drug-likeness (QED) is 0.837. The van der Waals surface area contributed by atoms with Gasteiger partial charge in [-0.1, -0.05) is 13.3 Å². The molecule has 5 heteroatoms. The number of aliphatic hydroxyl groups excluding tert-OH is 1. The fourth-order valence-electron chi connectivity index (χ4n) is 2.56. The molecule has 112 valence electrons. The number of rotatable bonds is 6. The van der Waals surface area contributed by atoms with Crippen LogP contribution in [0.4, 0.5) is 0 Å². The zero-order chi connectivity index (χ0) is 14.4. The van der Waals surface area contributed by atoms with Crippen LogP contribution in [0.1, 0.15) is 44.5 Å². The molecule has 0 spiro atoms. The van der Waals surface area contributed by atoms with E-state index in [0.29, 0.717) is 12.4 Å². The van der Waals surface area contributed by atoms with Crippen molar-refractivity contribution in [1.29, 1.82) is 0 Å². The molecule has 1 aliphatic rings. The van der Waals surface area contributed by atoms with Crippen LogP contribution >= 0.6 is 0 Å². The Labute approximate surface area is 119 Å². The van der Waals surface area contributed by atoms with Crippen LogP contribution in [-0.2, 0) is 9.53 Å². The molecule has 1 amide bonds. The first kappa shape index (κ1) is 15.1. The minimum atomic E-state index is -0.791. The molecule has 2 heterocycles. The maximum absolute atomic E-state index is 12.1. The smallest absolute Gasteiger partial charge is 0.223 e. The zero-order valence-corrected chi connectivity index (χ0v) is 11.9. The van der Waals surface area contributed by atoms with Crippen molar-refractivity contribution in [1.82, 2.24) is 5.32 Å². The molecule has 1 aromatic heterocycles. The number of furan rings is 1. The second-order valence-electron chi connectivity index (χ2n) is 5.28. The first-order valence-electron chi connectivity index (χ1n) is 7.31. The Hall–Kier alpha value is -1.33. The lowest BCUT2D eigenvalue weighted by atomic mass is 9.92. The van der Waals surface area contributed by atoms with Crippen molar-refractivity contribution in [2.45, 2.75) is 44.8 Å². The van der Waals surface area contributed by atoms with Gasteiger partial charge in [0.2, 0.25) is 5.91 Å². The van der Waals surface area contributed by atoms with E-state index in [9.17, 15) is 9.90 Å². The summed E-state index contributed by atoms with van der Waals surface area (Å²) in [6.45, 7) is 2.94. The number of carbonyl (C=O) groups excluding carboxylic acids is 1. The third-order valence-corrected chi connectivity index (χ3v) is 3.69. The zero-order valence-electron chi connectivity index (χ0n) is 11.9. The standard InChI is InChI=1S/C15H23NO4/c1-2-4-12-9-11(6-8-19-12)15(18)16-10-13(17)14-5-3-7-20-14/h3,5,7,11-13,17H,2,4,6,8-10H2,1H3,(H,16,18). The highest BCUT2D eigenvalue weighted by Crippen LogP contribution is 2.23. The van der Waals surface area contributed by atoms with E-state index in [4.69, 9.17) is 9.15 Å². The Balaban J connectivity index is 1.76. The minimum Gasteiger partial charge on any atom is -0.467 e. The van der Waals surface area contributed by atoms with Gasteiger partial charge in [-0.2, -0.15) is 0 Å². The highest BCUT2D eigenvalue weighted by atomic mass is 16.5. The van der Waals surface area contributed by atoms with Crippen molar-refractivity contribution in [3.63, 3.8) is 0 Å². The largest absolute Gasteiger partial charge is 0.467 e. The van der Waals surface area contributed by atoms with Gasteiger partial charge in [-0.3, -0.25) is 4.79 Å². The summed E-state index contributed by atoms with van der Waals surface area (Å²) in [5.74, 6) is 0.463. The predicted molar refractivity (Wildman–Crippen MR) is 74.0 cm³/mol. The number of amides is 1. The molecule has 20 heavy (non-hydrogen) atoms. The van der Waals surface area contributed by atoms with Crippen molar-refractivity contribution in [3.05, 3.63) is 24.2 Å². The average molecular weight is 281 g/mol. The summed E-state index contributed by atoms with van der Waals surface area (Å²) in [4.78, 5) is 12.1. The summed E-state index contributed by atoms with van der Waals surface area (Å²) in [6, 6.07) is 3.41. The molecule has 3 unspecified atom stereocenters. The first-order valence-corrected chi connectivity index (χ1v) is 7.31. The van der Waals surface area contributed by atoms with Crippen LogP contribution in [0.15, 0.2) is 22.8 Å².